The maximum absolute atomic E-state index is 13.4. The zero-order valence-electron chi connectivity index (χ0n) is 10.1. The van der Waals surface area contributed by atoms with Gasteiger partial charge in [0.1, 0.15) is 11.4 Å². The topological polar surface area (TPSA) is 78.4 Å². The number of anilines is 1. The summed E-state index contributed by atoms with van der Waals surface area (Å²) in [6, 6.07) is 0.395. The van der Waals surface area contributed by atoms with Gasteiger partial charge in [-0.05, 0) is 19.9 Å². The molecule has 0 bridgehead atoms. The summed E-state index contributed by atoms with van der Waals surface area (Å²) in [4.78, 5) is 22.3. The van der Waals surface area contributed by atoms with Crippen molar-refractivity contribution in [3.05, 3.63) is 28.8 Å². The summed E-state index contributed by atoms with van der Waals surface area (Å²) >= 11 is 5.57. The van der Waals surface area contributed by atoms with Gasteiger partial charge in [0.2, 0.25) is 0 Å². The molecule has 0 aliphatic rings. The molecule has 5 nitrogen and oxygen atoms in total. The highest BCUT2D eigenvalue weighted by Crippen LogP contribution is 2.26. The number of hydrogen-bond donors (Lipinski definition) is 3. The average Bonchev–Trinajstić information content (AvgIpc) is 2.22. The highest BCUT2D eigenvalue weighted by Gasteiger charge is 2.29. The molecule has 0 unspecified atom stereocenters. The third-order valence-corrected chi connectivity index (χ3v) is 2.50. The van der Waals surface area contributed by atoms with Crippen molar-refractivity contribution in [2.24, 2.45) is 0 Å². The number of benzene rings is 1. The van der Waals surface area contributed by atoms with Gasteiger partial charge in [-0.3, -0.25) is 0 Å². The third kappa shape index (κ3) is 3.78. The Morgan fingerprint density at radius 3 is 2.37 bits per heavy atom. The van der Waals surface area contributed by atoms with Gasteiger partial charge < -0.3 is 15.7 Å². The van der Waals surface area contributed by atoms with Gasteiger partial charge in [-0.25, -0.2) is 18.4 Å². The monoisotopic (exact) mass is 292 g/mol. The first-order valence-electron chi connectivity index (χ1n) is 5.10. The molecular weight excluding hydrogens is 282 g/mol. The number of amides is 2. The number of aliphatic carboxylic acids is 1. The predicted octanol–water partition coefficient (Wildman–Crippen LogP) is 2.60. The summed E-state index contributed by atoms with van der Waals surface area (Å²) in [6.45, 7) is 2.50. The molecule has 3 N–H and O–H groups in total. The largest absolute Gasteiger partial charge is 0.480 e. The molecule has 1 rings (SSSR count). The third-order valence-electron chi connectivity index (χ3n) is 2.21. The van der Waals surface area contributed by atoms with Gasteiger partial charge in [-0.15, -0.1) is 0 Å². The van der Waals surface area contributed by atoms with Crippen molar-refractivity contribution in [3.63, 3.8) is 0 Å². The molecule has 2 amide bonds. The molecule has 1 aromatic rings. The van der Waals surface area contributed by atoms with E-state index in [1.54, 1.807) is 0 Å². The van der Waals surface area contributed by atoms with E-state index in [1.165, 1.54) is 13.8 Å². The lowest BCUT2D eigenvalue weighted by Gasteiger charge is -2.21. The van der Waals surface area contributed by atoms with Gasteiger partial charge in [0.05, 0.1) is 10.7 Å². The van der Waals surface area contributed by atoms with Crippen LogP contribution in [0.15, 0.2) is 12.1 Å². The Hall–Kier alpha value is -1.89. The van der Waals surface area contributed by atoms with Crippen LogP contribution in [0.4, 0.5) is 19.3 Å². The molecule has 104 valence electrons. The summed E-state index contributed by atoms with van der Waals surface area (Å²) in [7, 11) is 0. The average molecular weight is 293 g/mol. The maximum atomic E-state index is 13.4. The van der Waals surface area contributed by atoms with Gasteiger partial charge in [0, 0.05) is 6.07 Å². The standard InChI is InChI=1S/C11H11ClF2N2O3/c1-11(2,9(17)18)16-10(19)15-8-6(12)3-5(13)4-7(8)14/h3-4H,1-2H3,(H,17,18)(H2,15,16,19). The van der Waals surface area contributed by atoms with Crippen LogP contribution in [-0.2, 0) is 4.79 Å². The first kappa shape index (κ1) is 15.2. The molecule has 0 saturated heterocycles. The van der Waals surface area contributed by atoms with Crippen molar-refractivity contribution in [2.75, 3.05) is 5.32 Å². The van der Waals surface area contributed by atoms with Crippen molar-refractivity contribution >= 4 is 29.3 Å². The van der Waals surface area contributed by atoms with E-state index in [4.69, 9.17) is 16.7 Å². The van der Waals surface area contributed by atoms with Crippen LogP contribution in [0.5, 0.6) is 0 Å². The number of carboxylic acid groups (broad SMARTS) is 1. The number of carbonyl (C=O) groups excluding carboxylic acids is 1. The Labute approximate surface area is 112 Å². The van der Waals surface area contributed by atoms with E-state index in [1.807, 2.05) is 5.32 Å². The molecule has 0 atom stereocenters. The second-order valence-electron chi connectivity index (χ2n) is 4.25. The number of urea groups is 1. The van der Waals surface area contributed by atoms with Crippen LogP contribution >= 0.6 is 11.6 Å². The van der Waals surface area contributed by atoms with Crippen molar-refractivity contribution < 1.29 is 23.5 Å². The fourth-order valence-electron chi connectivity index (χ4n) is 1.14. The highest BCUT2D eigenvalue weighted by molar-refractivity contribution is 6.33. The number of rotatable bonds is 3. The minimum Gasteiger partial charge on any atom is -0.480 e. The molecule has 1 aromatic carbocycles. The molecular formula is C11H11ClF2N2O3. The molecule has 0 aliphatic heterocycles. The van der Waals surface area contributed by atoms with Crippen molar-refractivity contribution in [1.82, 2.24) is 5.32 Å². The predicted molar refractivity (Wildman–Crippen MR) is 65.2 cm³/mol. The van der Waals surface area contributed by atoms with Gasteiger partial charge in [0.25, 0.3) is 0 Å². The number of halogens is 3. The summed E-state index contributed by atoms with van der Waals surface area (Å²) in [6.07, 6.45) is 0. The lowest BCUT2D eigenvalue weighted by atomic mass is 10.1. The zero-order chi connectivity index (χ0) is 14.8. The van der Waals surface area contributed by atoms with Crippen molar-refractivity contribution in [2.45, 2.75) is 19.4 Å². The van der Waals surface area contributed by atoms with Gasteiger partial charge in [-0.1, -0.05) is 11.6 Å². The lowest BCUT2D eigenvalue weighted by molar-refractivity contribution is -0.142. The summed E-state index contributed by atoms with van der Waals surface area (Å²) < 4.78 is 26.2. The first-order chi connectivity index (χ1) is 8.63. The summed E-state index contributed by atoms with van der Waals surface area (Å²) in [5.74, 6) is -3.22. The SMILES string of the molecule is CC(C)(NC(=O)Nc1c(F)cc(F)cc1Cl)C(=O)O. The van der Waals surface area contributed by atoms with Crippen LogP contribution in [0, 0.1) is 11.6 Å². The fraction of sp³-hybridized carbons (Fsp3) is 0.273. The summed E-state index contributed by atoms with van der Waals surface area (Å²) in [5.41, 5.74) is -1.98. The van der Waals surface area contributed by atoms with Crippen LogP contribution in [0.2, 0.25) is 5.02 Å². The van der Waals surface area contributed by atoms with Gasteiger partial charge in [-0.2, -0.15) is 0 Å². The molecule has 8 heteroatoms. The Bertz CT molecular complexity index is 512. The molecule has 19 heavy (non-hydrogen) atoms. The molecule has 0 fully saturated rings. The summed E-state index contributed by atoms with van der Waals surface area (Å²) in [5, 5.41) is 12.6. The Kier molecular flexibility index (Phi) is 4.31. The van der Waals surface area contributed by atoms with E-state index in [2.05, 4.69) is 5.32 Å². The fourth-order valence-corrected chi connectivity index (χ4v) is 1.39. The van der Waals surface area contributed by atoms with Crippen LogP contribution in [0.3, 0.4) is 0 Å². The van der Waals surface area contributed by atoms with E-state index in [0.29, 0.717) is 6.07 Å². The van der Waals surface area contributed by atoms with Crippen molar-refractivity contribution in [1.29, 1.82) is 0 Å². The number of nitrogens with one attached hydrogen (secondary N) is 2. The highest BCUT2D eigenvalue weighted by atomic mass is 35.5. The van der Waals surface area contributed by atoms with E-state index < -0.39 is 34.9 Å². The molecule has 0 saturated carbocycles. The zero-order valence-corrected chi connectivity index (χ0v) is 10.8. The number of carbonyl (C=O) groups is 2. The Morgan fingerprint density at radius 1 is 1.32 bits per heavy atom. The second-order valence-corrected chi connectivity index (χ2v) is 4.66. The molecule has 0 radical (unpaired) electrons. The molecule has 0 spiro atoms. The Morgan fingerprint density at radius 2 is 1.89 bits per heavy atom. The first-order valence-corrected chi connectivity index (χ1v) is 5.48. The van der Waals surface area contributed by atoms with E-state index in [-0.39, 0.29) is 5.02 Å². The van der Waals surface area contributed by atoms with E-state index >= 15 is 0 Å². The van der Waals surface area contributed by atoms with Crippen LogP contribution in [0.25, 0.3) is 0 Å². The lowest BCUT2D eigenvalue weighted by Crippen LogP contribution is -2.51. The van der Waals surface area contributed by atoms with Gasteiger partial charge in [0.15, 0.2) is 5.82 Å². The van der Waals surface area contributed by atoms with Crippen LogP contribution < -0.4 is 10.6 Å². The number of hydrogen-bond acceptors (Lipinski definition) is 2. The smallest absolute Gasteiger partial charge is 0.328 e. The molecule has 0 heterocycles. The second kappa shape index (κ2) is 5.40. The van der Waals surface area contributed by atoms with Gasteiger partial charge >= 0.3 is 12.0 Å². The van der Waals surface area contributed by atoms with E-state index in [0.717, 1.165) is 6.07 Å². The number of carboxylic acids is 1. The normalized spacial score (nSPS) is 11.0. The maximum Gasteiger partial charge on any atom is 0.328 e. The van der Waals surface area contributed by atoms with Crippen molar-refractivity contribution in [3.8, 4) is 0 Å². The Balaban J connectivity index is 2.87. The van der Waals surface area contributed by atoms with Crippen LogP contribution in [-0.4, -0.2) is 22.6 Å². The molecule has 0 aromatic heterocycles. The quantitative estimate of drug-likeness (QED) is 0.801. The van der Waals surface area contributed by atoms with E-state index in [9.17, 15) is 18.4 Å². The molecule has 0 aliphatic carbocycles. The van der Waals surface area contributed by atoms with Crippen LogP contribution in [0.1, 0.15) is 13.8 Å². The minimum absolute atomic E-state index is 0.333. The minimum atomic E-state index is -1.55.